The number of aliphatic hydroxyl groups is 1. The van der Waals surface area contributed by atoms with Crippen LogP contribution in [0.1, 0.15) is 45.4 Å². The maximum Gasteiger partial charge on any atom is 0.200 e. The summed E-state index contributed by atoms with van der Waals surface area (Å²) >= 11 is 2.90. The molecule has 2 atom stereocenters. The van der Waals surface area contributed by atoms with Gasteiger partial charge >= 0.3 is 0 Å². The Bertz CT molecular complexity index is 646. The predicted molar refractivity (Wildman–Crippen MR) is 117 cm³/mol. The lowest BCUT2D eigenvalue weighted by Gasteiger charge is -2.21. The van der Waals surface area contributed by atoms with Crippen molar-refractivity contribution in [3.8, 4) is 0 Å². The van der Waals surface area contributed by atoms with E-state index < -0.39 is 6.10 Å². The van der Waals surface area contributed by atoms with Crippen molar-refractivity contribution in [3.63, 3.8) is 0 Å². The standard InChI is InChI=1S/C23H30O2S2/c1-2-3-4-5-12-17-22(24)21(18-26-19-13-8-6-9-14-19)23(25)27-20-15-10-7-11-16-20/h6-11,13-16,21-22,24H,2-5,12,17-18H2,1H3/t21-,22+/m0/s1. The molecule has 0 fully saturated rings. The summed E-state index contributed by atoms with van der Waals surface area (Å²) < 4.78 is 0. The van der Waals surface area contributed by atoms with Gasteiger partial charge in [-0.3, -0.25) is 4.79 Å². The van der Waals surface area contributed by atoms with Crippen molar-refractivity contribution in [2.75, 3.05) is 5.75 Å². The van der Waals surface area contributed by atoms with E-state index in [1.54, 1.807) is 11.8 Å². The van der Waals surface area contributed by atoms with Crippen molar-refractivity contribution in [2.45, 2.75) is 61.3 Å². The van der Waals surface area contributed by atoms with E-state index in [4.69, 9.17) is 0 Å². The van der Waals surface area contributed by atoms with Crippen molar-refractivity contribution >= 4 is 28.6 Å². The van der Waals surface area contributed by atoms with Gasteiger partial charge in [0, 0.05) is 15.5 Å². The van der Waals surface area contributed by atoms with E-state index in [0.717, 1.165) is 22.6 Å². The number of hydrogen-bond donors (Lipinski definition) is 1. The molecule has 2 rings (SSSR count). The molecule has 27 heavy (non-hydrogen) atoms. The van der Waals surface area contributed by atoms with Gasteiger partial charge in [-0.05, 0) is 30.7 Å². The van der Waals surface area contributed by atoms with E-state index in [9.17, 15) is 9.90 Å². The van der Waals surface area contributed by atoms with Gasteiger partial charge in [-0.15, -0.1) is 11.8 Å². The zero-order chi connectivity index (χ0) is 19.3. The first-order valence-corrected chi connectivity index (χ1v) is 11.6. The largest absolute Gasteiger partial charge is 0.392 e. The molecule has 0 aliphatic rings. The molecule has 0 radical (unpaired) electrons. The minimum absolute atomic E-state index is 0.0608. The fraction of sp³-hybridized carbons (Fsp3) is 0.435. The summed E-state index contributed by atoms with van der Waals surface area (Å²) in [6.07, 6.45) is 5.90. The Morgan fingerprint density at radius 3 is 2.11 bits per heavy atom. The predicted octanol–water partition coefficient (Wildman–Crippen LogP) is 6.44. The average molecular weight is 403 g/mol. The van der Waals surface area contributed by atoms with Crippen LogP contribution in [0.3, 0.4) is 0 Å². The number of benzene rings is 2. The molecule has 0 unspecified atom stereocenters. The van der Waals surface area contributed by atoms with E-state index in [2.05, 4.69) is 6.92 Å². The molecular weight excluding hydrogens is 372 g/mol. The SMILES string of the molecule is CCCCCCC[C@@H](O)[C@H](CSc1ccccc1)C(=O)Sc1ccccc1. The van der Waals surface area contributed by atoms with Gasteiger partial charge in [-0.1, -0.05) is 87.2 Å². The van der Waals surface area contributed by atoms with Crippen molar-refractivity contribution in [3.05, 3.63) is 60.7 Å². The van der Waals surface area contributed by atoms with Crippen molar-refractivity contribution in [1.29, 1.82) is 0 Å². The summed E-state index contributed by atoms with van der Waals surface area (Å²) in [6, 6.07) is 19.8. The number of carbonyl (C=O) groups is 1. The van der Waals surface area contributed by atoms with Gasteiger partial charge in [0.05, 0.1) is 12.0 Å². The molecule has 0 saturated heterocycles. The van der Waals surface area contributed by atoms with Gasteiger partial charge in [-0.2, -0.15) is 0 Å². The minimum Gasteiger partial charge on any atom is -0.392 e. The highest BCUT2D eigenvalue weighted by atomic mass is 32.2. The van der Waals surface area contributed by atoms with Gasteiger partial charge < -0.3 is 5.11 Å². The third kappa shape index (κ3) is 8.54. The van der Waals surface area contributed by atoms with Crippen LogP contribution in [0.15, 0.2) is 70.5 Å². The molecule has 1 N–H and O–H groups in total. The summed E-state index contributed by atoms with van der Waals surface area (Å²) in [5.41, 5.74) is 0. The van der Waals surface area contributed by atoms with E-state index in [-0.39, 0.29) is 11.0 Å². The molecule has 2 nitrogen and oxygen atoms in total. The quantitative estimate of drug-likeness (QED) is 0.328. The molecule has 0 saturated carbocycles. The number of aliphatic hydroxyl groups excluding tert-OH is 1. The highest BCUT2D eigenvalue weighted by molar-refractivity contribution is 8.13. The molecule has 2 aromatic rings. The molecule has 0 heterocycles. The lowest BCUT2D eigenvalue weighted by atomic mass is 9.99. The maximum absolute atomic E-state index is 12.9. The van der Waals surface area contributed by atoms with Gasteiger partial charge in [0.2, 0.25) is 0 Å². The van der Waals surface area contributed by atoms with Crippen LogP contribution in [0.25, 0.3) is 0 Å². The Labute approximate surface area is 172 Å². The fourth-order valence-electron chi connectivity index (χ4n) is 2.88. The van der Waals surface area contributed by atoms with Crippen LogP contribution in [0.5, 0.6) is 0 Å². The average Bonchev–Trinajstić information content (AvgIpc) is 2.69. The van der Waals surface area contributed by atoms with Crippen LogP contribution in [-0.2, 0) is 4.79 Å². The number of carbonyl (C=O) groups excluding carboxylic acids is 1. The third-order valence-corrected chi connectivity index (χ3v) is 6.65. The molecule has 0 aromatic heterocycles. The lowest BCUT2D eigenvalue weighted by molar-refractivity contribution is -0.116. The first-order valence-electron chi connectivity index (χ1n) is 9.83. The molecule has 4 heteroatoms. The van der Waals surface area contributed by atoms with Crippen molar-refractivity contribution < 1.29 is 9.90 Å². The maximum atomic E-state index is 12.9. The van der Waals surface area contributed by atoms with E-state index >= 15 is 0 Å². The van der Waals surface area contributed by atoms with E-state index in [1.807, 2.05) is 60.7 Å². The van der Waals surface area contributed by atoms with Crippen LogP contribution in [0.4, 0.5) is 0 Å². The fourth-order valence-corrected chi connectivity index (χ4v) is 5.00. The highest BCUT2D eigenvalue weighted by Crippen LogP contribution is 2.30. The van der Waals surface area contributed by atoms with E-state index in [0.29, 0.717) is 12.2 Å². The monoisotopic (exact) mass is 402 g/mol. The first kappa shape index (κ1) is 22.1. The summed E-state index contributed by atoms with van der Waals surface area (Å²) in [6.45, 7) is 2.20. The van der Waals surface area contributed by atoms with Crippen LogP contribution < -0.4 is 0 Å². The Hall–Kier alpha value is -1.23. The first-order chi connectivity index (χ1) is 13.2. The van der Waals surface area contributed by atoms with Crippen molar-refractivity contribution in [2.24, 2.45) is 5.92 Å². The zero-order valence-corrected chi connectivity index (χ0v) is 17.7. The highest BCUT2D eigenvalue weighted by Gasteiger charge is 2.27. The van der Waals surface area contributed by atoms with Crippen LogP contribution in [0.2, 0.25) is 0 Å². The summed E-state index contributed by atoms with van der Waals surface area (Å²) in [5, 5.41) is 10.8. The summed E-state index contributed by atoms with van der Waals surface area (Å²) in [4.78, 5) is 15.0. The second kappa shape index (κ2) is 13.0. The van der Waals surface area contributed by atoms with Crippen molar-refractivity contribution in [1.82, 2.24) is 0 Å². The number of unbranched alkanes of at least 4 members (excludes halogenated alkanes) is 4. The Kier molecular flexibility index (Phi) is 10.6. The molecule has 0 aliphatic heterocycles. The topological polar surface area (TPSA) is 37.3 Å². The summed E-state index contributed by atoms with van der Waals surface area (Å²) in [7, 11) is 0. The molecule has 2 aromatic carbocycles. The van der Waals surface area contributed by atoms with Gasteiger partial charge in [-0.25, -0.2) is 0 Å². The van der Waals surface area contributed by atoms with Gasteiger partial charge in [0.25, 0.3) is 0 Å². The van der Waals surface area contributed by atoms with Crippen LogP contribution in [0, 0.1) is 5.92 Å². The molecular formula is C23H30O2S2. The minimum atomic E-state index is -0.577. The number of hydrogen-bond acceptors (Lipinski definition) is 4. The molecule has 0 spiro atoms. The van der Waals surface area contributed by atoms with Gasteiger partial charge in [0.15, 0.2) is 5.12 Å². The zero-order valence-electron chi connectivity index (χ0n) is 16.0. The Balaban J connectivity index is 1.94. The normalized spacial score (nSPS) is 13.3. The van der Waals surface area contributed by atoms with Gasteiger partial charge in [0.1, 0.15) is 0 Å². The smallest absolute Gasteiger partial charge is 0.200 e. The number of rotatable bonds is 12. The second-order valence-electron chi connectivity index (χ2n) is 6.73. The molecule has 0 aliphatic carbocycles. The third-order valence-electron chi connectivity index (χ3n) is 4.51. The molecule has 0 bridgehead atoms. The lowest BCUT2D eigenvalue weighted by Crippen LogP contribution is -2.28. The molecule has 0 amide bonds. The Morgan fingerprint density at radius 1 is 0.889 bits per heavy atom. The van der Waals surface area contributed by atoms with E-state index in [1.165, 1.54) is 31.0 Å². The number of thioether (sulfide) groups is 2. The van der Waals surface area contributed by atoms with Crippen LogP contribution >= 0.6 is 23.5 Å². The summed E-state index contributed by atoms with van der Waals surface area (Å²) in [5.74, 6) is 0.255. The van der Waals surface area contributed by atoms with Crippen LogP contribution in [-0.4, -0.2) is 22.1 Å². The molecule has 146 valence electrons. The Morgan fingerprint density at radius 2 is 1.48 bits per heavy atom. The second-order valence-corrected chi connectivity index (χ2v) is 8.91.